The van der Waals surface area contributed by atoms with Crippen molar-refractivity contribution < 1.29 is 14.3 Å². The first-order valence-electron chi connectivity index (χ1n) is 6.67. The smallest absolute Gasteiger partial charge is 0.232 e. The number of carbonyl (C=O) groups excluding carboxylic acids is 1. The molecule has 1 aromatic heterocycles. The van der Waals surface area contributed by atoms with Crippen molar-refractivity contribution in [3.8, 4) is 5.75 Å². The Morgan fingerprint density at radius 2 is 2.41 bits per heavy atom. The van der Waals surface area contributed by atoms with Crippen molar-refractivity contribution in [3.63, 3.8) is 0 Å². The van der Waals surface area contributed by atoms with E-state index < -0.39 is 6.29 Å². The predicted octanol–water partition coefficient (Wildman–Crippen LogP) is 3.73. The molecule has 0 bridgehead atoms. The third kappa shape index (κ3) is 2.99. The van der Waals surface area contributed by atoms with Gasteiger partial charge in [0, 0.05) is 29.4 Å². The molecule has 0 spiro atoms. The summed E-state index contributed by atoms with van der Waals surface area (Å²) in [6.45, 7) is 2.27. The lowest BCUT2D eigenvalue weighted by molar-refractivity contribution is -0.0509. The molecule has 114 valence electrons. The van der Waals surface area contributed by atoms with Crippen molar-refractivity contribution in [1.29, 1.82) is 0 Å². The summed E-state index contributed by atoms with van der Waals surface area (Å²) in [5, 5.41) is 6.00. The van der Waals surface area contributed by atoms with Crippen LogP contribution in [0.2, 0.25) is 5.02 Å². The lowest BCUT2D eigenvalue weighted by Gasteiger charge is -2.27. The van der Waals surface area contributed by atoms with Gasteiger partial charge < -0.3 is 14.8 Å². The highest BCUT2D eigenvalue weighted by Crippen LogP contribution is 2.33. The Bertz CT molecular complexity index is 716. The molecule has 2 aromatic rings. The first kappa shape index (κ1) is 15.0. The molecule has 0 fully saturated rings. The maximum absolute atomic E-state index is 12.7. The zero-order valence-corrected chi connectivity index (χ0v) is 13.3. The van der Waals surface area contributed by atoms with Crippen molar-refractivity contribution in [1.82, 2.24) is 4.98 Å². The Labute approximate surface area is 136 Å². The van der Waals surface area contributed by atoms with Gasteiger partial charge in [-0.3, -0.25) is 4.79 Å². The van der Waals surface area contributed by atoms with Crippen LogP contribution in [0.15, 0.2) is 41.5 Å². The zero-order chi connectivity index (χ0) is 15.5. The molecule has 0 saturated heterocycles. The van der Waals surface area contributed by atoms with Crippen molar-refractivity contribution >= 4 is 33.9 Å². The van der Waals surface area contributed by atoms with E-state index in [4.69, 9.17) is 21.1 Å². The van der Waals surface area contributed by atoms with Crippen LogP contribution < -0.4 is 10.1 Å². The quantitative estimate of drug-likeness (QED) is 0.862. The summed E-state index contributed by atoms with van der Waals surface area (Å²) >= 11 is 7.40. The van der Waals surface area contributed by atoms with E-state index in [0.717, 1.165) is 0 Å². The first-order valence-corrected chi connectivity index (χ1v) is 7.93. The topological polar surface area (TPSA) is 60.5 Å². The van der Waals surface area contributed by atoms with Crippen LogP contribution in [-0.2, 0) is 4.74 Å². The van der Waals surface area contributed by atoms with Gasteiger partial charge in [-0.15, -0.1) is 11.3 Å². The lowest BCUT2D eigenvalue weighted by Crippen LogP contribution is -2.33. The van der Waals surface area contributed by atoms with Crippen LogP contribution in [0.25, 0.3) is 0 Å². The van der Waals surface area contributed by atoms with Crippen LogP contribution in [0, 0.1) is 0 Å². The molecule has 1 atom stereocenters. The molecule has 0 unspecified atom stereocenters. The summed E-state index contributed by atoms with van der Waals surface area (Å²) in [6.07, 6.45) is 2.50. The Hall–Kier alpha value is -1.89. The van der Waals surface area contributed by atoms with Gasteiger partial charge in [-0.1, -0.05) is 11.6 Å². The molecule has 0 saturated carbocycles. The second kappa shape index (κ2) is 6.48. The highest BCUT2D eigenvalue weighted by molar-refractivity contribution is 7.13. The van der Waals surface area contributed by atoms with E-state index in [2.05, 4.69) is 10.3 Å². The number of aromatic nitrogens is 1. The van der Waals surface area contributed by atoms with E-state index >= 15 is 0 Å². The van der Waals surface area contributed by atoms with Crippen LogP contribution in [0.5, 0.6) is 5.75 Å². The highest BCUT2D eigenvalue weighted by Gasteiger charge is 2.32. The third-order valence-corrected chi connectivity index (χ3v) is 3.98. The molecule has 5 nitrogen and oxygen atoms in total. The minimum Gasteiger partial charge on any atom is -0.460 e. The monoisotopic (exact) mass is 336 g/mol. The fourth-order valence-corrected chi connectivity index (χ4v) is 2.74. The van der Waals surface area contributed by atoms with Gasteiger partial charge in [0.25, 0.3) is 0 Å². The molecule has 0 radical (unpaired) electrons. The molecule has 2 heterocycles. The molecule has 22 heavy (non-hydrogen) atoms. The molecule has 3 rings (SSSR count). The number of ketones is 1. The van der Waals surface area contributed by atoms with Crippen LogP contribution in [0.4, 0.5) is 5.13 Å². The summed E-state index contributed by atoms with van der Waals surface area (Å²) in [6, 6.07) is 4.95. The maximum Gasteiger partial charge on any atom is 0.232 e. The maximum atomic E-state index is 12.7. The van der Waals surface area contributed by atoms with Gasteiger partial charge >= 0.3 is 0 Å². The van der Waals surface area contributed by atoms with E-state index in [1.54, 1.807) is 30.6 Å². The van der Waals surface area contributed by atoms with Gasteiger partial charge in [0.15, 0.2) is 5.13 Å². The number of nitrogens with one attached hydrogen (secondary N) is 1. The van der Waals surface area contributed by atoms with Crippen LogP contribution >= 0.6 is 22.9 Å². The number of anilines is 1. The largest absolute Gasteiger partial charge is 0.460 e. The predicted molar refractivity (Wildman–Crippen MR) is 85.6 cm³/mol. The number of hydrogen-bond acceptors (Lipinski definition) is 6. The summed E-state index contributed by atoms with van der Waals surface area (Å²) in [7, 11) is 0. The van der Waals surface area contributed by atoms with Gasteiger partial charge in [0.05, 0.1) is 11.1 Å². The first-order chi connectivity index (χ1) is 10.7. The standard InChI is InChI=1S/C15H13ClN2O3S/c1-2-20-14-11(8-18-15-17-5-6-22-15)13(19)10-7-9(16)3-4-12(10)21-14/h3-8,14H,2H2,1H3,(H,17,18)/b11-8-/t14-/m1/s1. The number of Topliss-reactive ketones (excluding diaryl/α,β-unsaturated/α-hetero) is 1. The van der Waals surface area contributed by atoms with E-state index in [9.17, 15) is 4.79 Å². The fourth-order valence-electron chi connectivity index (χ4n) is 2.07. The molecular weight excluding hydrogens is 324 g/mol. The number of ether oxygens (including phenoxy) is 2. The summed E-state index contributed by atoms with van der Waals surface area (Å²) in [4.78, 5) is 16.8. The average molecular weight is 337 g/mol. The second-order valence-corrected chi connectivity index (χ2v) is 5.79. The molecule has 0 amide bonds. The summed E-state index contributed by atoms with van der Waals surface area (Å²) < 4.78 is 11.3. The Morgan fingerprint density at radius 1 is 1.55 bits per heavy atom. The van der Waals surface area contributed by atoms with Gasteiger partial charge in [-0.25, -0.2) is 4.98 Å². The summed E-state index contributed by atoms with van der Waals surface area (Å²) in [5.41, 5.74) is 0.808. The van der Waals surface area contributed by atoms with Gasteiger partial charge in [0.1, 0.15) is 5.75 Å². The van der Waals surface area contributed by atoms with Gasteiger partial charge in [-0.2, -0.15) is 0 Å². The number of benzene rings is 1. The molecular formula is C15H13ClN2O3S. The van der Waals surface area contributed by atoms with Crippen molar-refractivity contribution in [2.45, 2.75) is 13.2 Å². The summed E-state index contributed by atoms with van der Waals surface area (Å²) in [5.74, 6) is 0.297. The Kier molecular flexibility index (Phi) is 4.42. The SMILES string of the molecule is CCO[C@@H]1Oc2ccc(Cl)cc2C(=O)/C1=C/Nc1nccs1. The highest BCUT2D eigenvalue weighted by atomic mass is 35.5. The Balaban J connectivity index is 1.95. The van der Waals surface area contributed by atoms with E-state index in [-0.39, 0.29) is 5.78 Å². The average Bonchev–Trinajstić information content (AvgIpc) is 3.01. The fraction of sp³-hybridized carbons (Fsp3) is 0.200. The number of rotatable bonds is 4. The van der Waals surface area contributed by atoms with Gasteiger partial charge in [-0.05, 0) is 25.1 Å². The number of thiazole rings is 1. The molecule has 1 aromatic carbocycles. The van der Waals surface area contributed by atoms with Gasteiger partial charge in [0.2, 0.25) is 12.1 Å². The lowest BCUT2D eigenvalue weighted by atomic mass is 10.00. The van der Waals surface area contributed by atoms with E-state index in [0.29, 0.717) is 33.6 Å². The minimum absolute atomic E-state index is 0.175. The molecule has 1 aliphatic rings. The van der Waals surface area contributed by atoms with Crippen LogP contribution in [0.1, 0.15) is 17.3 Å². The van der Waals surface area contributed by atoms with E-state index in [1.165, 1.54) is 11.3 Å². The molecule has 7 heteroatoms. The second-order valence-electron chi connectivity index (χ2n) is 4.46. The zero-order valence-electron chi connectivity index (χ0n) is 11.7. The van der Waals surface area contributed by atoms with Crippen LogP contribution in [-0.4, -0.2) is 23.7 Å². The van der Waals surface area contributed by atoms with E-state index in [1.807, 2.05) is 12.3 Å². The number of carbonyl (C=O) groups is 1. The van der Waals surface area contributed by atoms with Crippen molar-refractivity contribution in [2.24, 2.45) is 0 Å². The molecule has 1 N–H and O–H groups in total. The number of hydrogen-bond donors (Lipinski definition) is 1. The number of halogens is 1. The minimum atomic E-state index is -0.751. The third-order valence-electron chi connectivity index (χ3n) is 3.04. The number of nitrogens with zero attached hydrogens (tertiary/aromatic N) is 1. The van der Waals surface area contributed by atoms with Crippen molar-refractivity contribution in [2.75, 3.05) is 11.9 Å². The van der Waals surface area contributed by atoms with Crippen LogP contribution in [0.3, 0.4) is 0 Å². The molecule has 1 aliphatic heterocycles. The molecule has 0 aliphatic carbocycles. The normalized spacial score (nSPS) is 18.9. The van der Waals surface area contributed by atoms with Crippen molar-refractivity contribution in [3.05, 3.63) is 52.1 Å². The number of fused-ring (bicyclic) bond motifs is 1. The Morgan fingerprint density at radius 3 is 3.14 bits per heavy atom.